The van der Waals surface area contributed by atoms with Crippen LogP contribution in [-0.2, 0) is 40.5 Å². The average Bonchev–Trinajstić information content (AvgIpc) is 3.71. The molecule has 0 spiro atoms. The summed E-state index contributed by atoms with van der Waals surface area (Å²) in [6.45, 7) is 11.5. The van der Waals surface area contributed by atoms with Crippen LogP contribution in [0.5, 0.6) is 5.75 Å². The number of H-pyrrole nitrogens is 1. The Labute approximate surface area is 338 Å². The summed E-state index contributed by atoms with van der Waals surface area (Å²) >= 11 is 0. The second kappa shape index (κ2) is 16.4. The van der Waals surface area contributed by atoms with Gasteiger partial charge in [0.2, 0.25) is 0 Å². The smallest absolute Gasteiger partial charge is 0.497 e. The number of ether oxygens (including phenoxy) is 5. The number of nitrogens with one attached hydrogen (secondary N) is 1. The summed E-state index contributed by atoms with van der Waals surface area (Å²) in [5.74, 6) is 0.686. The standard InChI is InChI=1S/C45H49BN2O10/c1-29-13-17-33(18-14-29)45(32-11-9-8-10-12-32,34-19-23-36(52-7)24-20-34)54-28-38-37(25-39(55-38)48-26-30(2)40(49)47-41(48)50)56-42(51)53-27-31-15-21-35(22-16-31)46-57-43(3,4)44(5,6)58-46/h8-24,26,37-39H,25,27-28H2,1-7H3,(H,47,49,50)/t37?,38-,39-,45?/m1/s1. The van der Waals surface area contributed by atoms with Crippen molar-refractivity contribution in [3.8, 4) is 5.75 Å². The molecule has 0 radical (unpaired) electrons. The van der Waals surface area contributed by atoms with Crippen molar-refractivity contribution in [1.29, 1.82) is 0 Å². The molecule has 0 amide bonds. The molecule has 0 aliphatic carbocycles. The Morgan fingerprint density at radius 2 is 1.45 bits per heavy atom. The van der Waals surface area contributed by atoms with Gasteiger partial charge in [0.15, 0.2) is 0 Å². The van der Waals surface area contributed by atoms with Gasteiger partial charge < -0.3 is 33.0 Å². The van der Waals surface area contributed by atoms with Gasteiger partial charge in [0, 0.05) is 18.2 Å². The van der Waals surface area contributed by atoms with E-state index in [1.54, 1.807) is 14.0 Å². The topological polar surface area (TPSA) is 137 Å². The first kappa shape index (κ1) is 40.7. The minimum Gasteiger partial charge on any atom is -0.497 e. The molecular formula is C45H49BN2O10. The normalized spacial score (nSPS) is 20.7. The Morgan fingerprint density at radius 1 is 0.845 bits per heavy atom. The third-order valence-corrected chi connectivity index (χ3v) is 11.3. The summed E-state index contributed by atoms with van der Waals surface area (Å²) in [5.41, 5.74) is 2.29. The van der Waals surface area contributed by atoms with Crippen LogP contribution in [0.25, 0.3) is 0 Å². The number of aryl methyl sites for hydroxylation is 2. The molecule has 2 saturated heterocycles. The maximum atomic E-state index is 13.4. The van der Waals surface area contributed by atoms with Crippen LogP contribution in [0.4, 0.5) is 4.79 Å². The number of carbonyl (C=O) groups excluding carboxylic acids is 1. The van der Waals surface area contributed by atoms with Crippen molar-refractivity contribution in [2.24, 2.45) is 0 Å². The predicted molar refractivity (Wildman–Crippen MR) is 218 cm³/mol. The van der Waals surface area contributed by atoms with Crippen LogP contribution in [-0.4, -0.2) is 60.0 Å². The van der Waals surface area contributed by atoms with E-state index in [4.69, 9.17) is 33.0 Å². The lowest BCUT2D eigenvalue weighted by atomic mass is 9.79. The summed E-state index contributed by atoms with van der Waals surface area (Å²) in [4.78, 5) is 41.0. The van der Waals surface area contributed by atoms with Crippen LogP contribution in [0.2, 0.25) is 0 Å². The van der Waals surface area contributed by atoms with Gasteiger partial charge in [-0.05, 0) is 81.4 Å². The van der Waals surface area contributed by atoms with Crippen LogP contribution in [0.15, 0.2) is 119 Å². The van der Waals surface area contributed by atoms with Crippen LogP contribution < -0.4 is 21.4 Å². The summed E-state index contributed by atoms with van der Waals surface area (Å²) in [5, 5.41) is 0. The average molecular weight is 789 g/mol. The van der Waals surface area contributed by atoms with Crippen LogP contribution in [0, 0.1) is 13.8 Å². The predicted octanol–water partition coefficient (Wildman–Crippen LogP) is 6.48. The highest BCUT2D eigenvalue weighted by atomic mass is 16.7. The van der Waals surface area contributed by atoms with Gasteiger partial charge >= 0.3 is 19.0 Å². The molecule has 0 saturated carbocycles. The maximum absolute atomic E-state index is 13.4. The van der Waals surface area contributed by atoms with Crippen molar-refractivity contribution in [3.05, 3.63) is 164 Å². The minimum atomic E-state index is -1.15. The zero-order valence-electron chi connectivity index (χ0n) is 33.9. The second-order valence-corrected chi connectivity index (χ2v) is 15.8. The molecule has 7 rings (SSSR count). The van der Waals surface area contributed by atoms with Crippen molar-refractivity contribution < 1.29 is 37.8 Å². The monoisotopic (exact) mass is 788 g/mol. The fourth-order valence-electron chi connectivity index (χ4n) is 7.24. The van der Waals surface area contributed by atoms with Gasteiger partial charge in [0.25, 0.3) is 5.56 Å². The highest BCUT2D eigenvalue weighted by Gasteiger charge is 2.51. The Morgan fingerprint density at radius 3 is 2.07 bits per heavy atom. The molecule has 5 aromatic rings. The molecular weight excluding hydrogens is 739 g/mol. The summed E-state index contributed by atoms with van der Waals surface area (Å²) < 4.78 is 44.3. The number of benzene rings is 4. The van der Waals surface area contributed by atoms with E-state index in [1.165, 1.54) is 10.8 Å². The van der Waals surface area contributed by atoms with Crippen molar-refractivity contribution >= 4 is 18.7 Å². The molecule has 12 nitrogen and oxygen atoms in total. The van der Waals surface area contributed by atoms with Crippen molar-refractivity contribution in [2.75, 3.05) is 13.7 Å². The van der Waals surface area contributed by atoms with Gasteiger partial charge in [-0.2, -0.15) is 0 Å². The van der Waals surface area contributed by atoms with E-state index in [0.717, 1.165) is 33.3 Å². The first-order valence-electron chi connectivity index (χ1n) is 19.4. The molecule has 4 atom stereocenters. The molecule has 1 N–H and O–H groups in total. The lowest BCUT2D eigenvalue weighted by Crippen LogP contribution is -2.41. The number of methoxy groups -OCH3 is 1. The number of rotatable bonds is 12. The van der Waals surface area contributed by atoms with E-state index < -0.39 is 59.8 Å². The Hall–Kier alpha value is -5.47. The third-order valence-electron chi connectivity index (χ3n) is 11.3. The summed E-state index contributed by atoms with van der Waals surface area (Å²) in [6.07, 6.45) is -2.03. The molecule has 4 aromatic carbocycles. The third kappa shape index (κ3) is 8.26. The first-order chi connectivity index (χ1) is 27.7. The van der Waals surface area contributed by atoms with Gasteiger partial charge in [-0.25, -0.2) is 9.59 Å². The SMILES string of the molecule is COc1ccc(C(OC[C@H]2O[C@@H](n3cc(C)c(=O)[nH]c3=O)CC2OC(=O)OCc2ccc(B3OC(C)(C)C(C)(C)O3)cc2)(c2ccccc2)c2ccc(C)cc2)cc1. The second-order valence-electron chi connectivity index (χ2n) is 15.8. The van der Waals surface area contributed by atoms with E-state index in [-0.39, 0.29) is 19.6 Å². The van der Waals surface area contributed by atoms with Crippen molar-refractivity contribution in [1.82, 2.24) is 9.55 Å². The summed E-state index contributed by atoms with van der Waals surface area (Å²) in [7, 11) is 1.09. The van der Waals surface area contributed by atoms with Gasteiger partial charge in [-0.3, -0.25) is 14.3 Å². The highest BCUT2D eigenvalue weighted by molar-refractivity contribution is 6.62. The number of carbonyl (C=O) groups is 1. The van der Waals surface area contributed by atoms with E-state index in [1.807, 2.05) is 138 Å². The largest absolute Gasteiger partial charge is 0.508 e. The zero-order chi connectivity index (χ0) is 41.2. The highest BCUT2D eigenvalue weighted by Crippen LogP contribution is 2.43. The number of nitrogens with zero attached hydrogens (tertiary/aromatic N) is 1. The molecule has 1 aromatic heterocycles. The molecule has 2 aliphatic rings. The quantitative estimate of drug-likeness (QED) is 0.0851. The van der Waals surface area contributed by atoms with Crippen LogP contribution >= 0.6 is 0 Å². The zero-order valence-corrected chi connectivity index (χ0v) is 33.9. The Kier molecular flexibility index (Phi) is 11.5. The Balaban J connectivity index is 1.15. The number of aromatic amines is 1. The molecule has 2 aliphatic heterocycles. The van der Waals surface area contributed by atoms with Gasteiger partial charge in [0.1, 0.15) is 36.4 Å². The lowest BCUT2D eigenvalue weighted by molar-refractivity contribution is -0.1000. The molecule has 302 valence electrons. The number of hydrogen-bond donors (Lipinski definition) is 1. The fraction of sp³-hybridized carbons (Fsp3) is 0.356. The molecule has 58 heavy (non-hydrogen) atoms. The molecule has 2 unspecified atom stereocenters. The van der Waals surface area contributed by atoms with E-state index >= 15 is 0 Å². The molecule has 2 fully saturated rings. The van der Waals surface area contributed by atoms with Gasteiger partial charge in [-0.15, -0.1) is 0 Å². The maximum Gasteiger partial charge on any atom is 0.508 e. The Bertz CT molecular complexity index is 2310. The van der Waals surface area contributed by atoms with E-state index in [0.29, 0.717) is 11.3 Å². The van der Waals surface area contributed by atoms with E-state index in [2.05, 4.69) is 4.98 Å². The van der Waals surface area contributed by atoms with Crippen molar-refractivity contribution in [2.45, 2.75) is 89.8 Å². The molecule has 0 bridgehead atoms. The molecule has 13 heteroatoms. The summed E-state index contributed by atoms with van der Waals surface area (Å²) in [6, 6.07) is 33.1. The first-order valence-corrected chi connectivity index (χ1v) is 19.4. The van der Waals surface area contributed by atoms with Gasteiger partial charge in [0.05, 0.1) is 24.9 Å². The van der Waals surface area contributed by atoms with Gasteiger partial charge in [-0.1, -0.05) is 96.6 Å². The van der Waals surface area contributed by atoms with E-state index in [9.17, 15) is 14.4 Å². The van der Waals surface area contributed by atoms with Crippen LogP contribution in [0.3, 0.4) is 0 Å². The van der Waals surface area contributed by atoms with Crippen LogP contribution in [0.1, 0.15) is 73.7 Å². The lowest BCUT2D eigenvalue weighted by Gasteiger charge is -2.37. The number of hydrogen-bond acceptors (Lipinski definition) is 10. The minimum absolute atomic E-state index is 0.0543. The fourth-order valence-corrected chi connectivity index (χ4v) is 7.24. The van der Waals surface area contributed by atoms with Crippen molar-refractivity contribution in [3.63, 3.8) is 0 Å². The number of aromatic nitrogens is 2. The molecule has 3 heterocycles.